The highest BCUT2D eigenvalue weighted by Gasteiger charge is 2.09. The van der Waals surface area contributed by atoms with E-state index in [9.17, 15) is 9.59 Å². The predicted octanol–water partition coefficient (Wildman–Crippen LogP) is 0.204. The molecule has 0 spiro atoms. The Bertz CT molecular complexity index is 392. The van der Waals surface area contributed by atoms with E-state index < -0.39 is 12.1 Å². The fourth-order valence-corrected chi connectivity index (χ4v) is 1.03. The van der Waals surface area contributed by atoms with Crippen LogP contribution in [0.25, 0.3) is 0 Å². The zero-order valence-corrected chi connectivity index (χ0v) is 8.88. The summed E-state index contributed by atoms with van der Waals surface area (Å²) in [6, 6.07) is 3.21. The number of hydrogen-bond donors (Lipinski definition) is 1. The highest BCUT2D eigenvalue weighted by atomic mass is 16.7. The highest BCUT2D eigenvalue weighted by molar-refractivity contribution is 5.92. The summed E-state index contributed by atoms with van der Waals surface area (Å²) < 4.78 is 10.8. The Hall–Kier alpha value is -2.11. The number of amides is 1. The third kappa shape index (κ3) is 3.56. The largest absolute Gasteiger partial charge is 0.513 e. The normalized spacial score (nSPS) is 9.56. The van der Waals surface area contributed by atoms with Crippen LogP contribution in [-0.4, -0.2) is 18.7 Å². The van der Waals surface area contributed by atoms with Gasteiger partial charge in [-0.25, -0.2) is 4.79 Å². The summed E-state index contributed by atoms with van der Waals surface area (Å²) in [5.74, 6) is -0.537. The van der Waals surface area contributed by atoms with E-state index in [1.807, 2.05) is 0 Å². The van der Waals surface area contributed by atoms with E-state index in [0.29, 0.717) is 5.56 Å². The zero-order chi connectivity index (χ0) is 12.0. The van der Waals surface area contributed by atoms with Gasteiger partial charge in [-0.05, 0) is 13.0 Å². The van der Waals surface area contributed by atoms with Crippen LogP contribution in [0.2, 0.25) is 0 Å². The number of primary amides is 1. The number of nitrogens with zero attached hydrogens (tertiary/aromatic N) is 1. The third-order valence-corrected chi connectivity index (χ3v) is 1.74. The number of carbonyl (C=O) groups is 2. The minimum absolute atomic E-state index is 0.0278. The van der Waals surface area contributed by atoms with E-state index in [0.717, 1.165) is 0 Å². The van der Waals surface area contributed by atoms with Crippen LogP contribution in [0.4, 0.5) is 4.79 Å². The average Bonchev–Trinajstić information content (AvgIpc) is 2.27. The molecule has 0 saturated carbocycles. The standard InChI is InChI=1S/C10H12N2O4/c1-2-15-10(14)16-7-12-5-3-4-8(6-12)9(11)13/h3-6H,2,7H2,1H3,(H-,11,13)/p+1. The lowest BCUT2D eigenvalue weighted by atomic mass is 10.3. The van der Waals surface area contributed by atoms with Crippen molar-refractivity contribution in [1.29, 1.82) is 0 Å². The topological polar surface area (TPSA) is 82.5 Å². The Labute approximate surface area is 92.6 Å². The Morgan fingerprint density at radius 3 is 2.81 bits per heavy atom. The Balaban J connectivity index is 2.57. The van der Waals surface area contributed by atoms with Crippen molar-refractivity contribution in [3.05, 3.63) is 30.1 Å². The molecule has 0 fully saturated rings. The first-order chi connectivity index (χ1) is 7.63. The van der Waals surface area contributed by atoms with Gasteiger partial charge >= 0.3 is 6.16 Å². The van der Waals surface area contributed by atoms with Gasteiger partial charge in [-0.15, -0.1) is 0 Å². The second-order valence-electron chi connectivity index (χ2n) is 2.93. The van der Waals surface area contributed by atoms with Crippen LogP contribution in [0, 0.1) is 0 Å². The molecule has 0 atom stereocenters. The molecule has 0 aromatic carbocycles. The maximum absolute atomic E-state index is 10.9. The fourth-order valence-electron chi connectivity index (χ4n) is 1.03. The first kappa shape index (κ1) is 12.0. The minimum atomic E-state index is -0.750. The Morgan fingerprint density at radius 1 is 1.44 bits per heavy atom. The lowest BCUT2D eigenvalue weighted by Crippen LogP contribution is -2.36. The van der Waals surface area contributed by atoms with Gasteiger partial charge in [0.1, 0.15) is 5.56 Å². The fraction of sp³-hybridized carbons (Fsp3) is 0.300. The summed E-state index contributed by atoms with van der Waals surface area (Å²) in [5.41, 5.74) is 5.44. The van der Waals surface area contributed by atoms with Crippen molar-refractivity contribution >= 4 is 12.1 Å². The Kier molecular flexibility index (Phi) is 4.26. The van der Waals surface area contributed by atoms with Gasteiger partial charge in [0.05, 0.1) is 6.61 Å². The molecule has 0 radical (unpaired) electrons. The second-order valence-corrected chi connectivity index (χ2v) is 2.93. The molecule has 16 heavy (non-hydrogen) atoms. The monoisotopic (exact) mass is 225 g/mol. The SMILES string of the molecule is CCOC(=O)OC[n+]1cccc(C(N)=O)c1. The van der Waals surface area contributed by atoms with Gasteiger partial charge in [0.2, 0.25) is 0 Å². The van der Waals surface area contributed by atoms with Crippen LogP contribution >= 0.6 is 0 Å². The van der Waals surface area contributed by atoms with Crippen molar-refractivity contribution in [2.24, 2.45) is 5.73 Å². The molecule has 0 unspecified atom stereocenters. The summed E-state index contributed by atoms with van der Waals surface area (Å²) in [6.45, 7) is 1.91. The summed E-state index contributed by atoms with van der Waals surface area (Å²) in [6.07, 6.45) is 2.38. The van der Waals surface area contributed by atoms with Crippen LogP contribution in [-0.2, 0) is 16.2 Å². The van der Waals surface area contributed by atoms with Gasteiger partial charge in [-0.1, -0.05) is 0 Å². The Morgan fingerprint density at radius 2 is 2.19 bits per heavy atom. The van der Waals surface area contributed by atoms with Gasteiger partial charge in [0.15, 0.2) is 12.4 Å². The molecule has 0 saturated heterocycles. The van der Waals surface area contributed by atoms with Crippen LogP contribution < -0.4 is 10.3 Å². The maximum Gasteiger partial charge on any atom is 0.513 e. The van der Waals surface area contributed by atoms with E-state index in [2.05, 4.69) is 4.74 Å². The zero-order valence-electron chi connectivity index (χ0n) is 8.88. The molecule has 0 bridgehead atoms. The molecule has 1 amide bonds. The van der Waals surface area contributed by atoms with Gasteiger partial charge in [-0.3, -0.25) is 4.79 Å². The number of aromatic nitrogens is 1. The molecule has 2 N–H and O–H groups in total. The molecule has 0 aliphatic heterocycles. The number of hydrogen-bond acceptors (Lipinski definition) is 4. The lowest BCUT2D eigenvalue weighted by Gasteiger charge is -2.01. The smallest absolute Gasteiger partial charge is 0.434 e. The molecule has 1 heterocycles. The van der Waals surface area contributed by atoms with Crippen molar-refractivity contribution in [1.82, 2.24) is 0 Å². The lowest BCUT2D eigenvalue weighted by molar-refractivity contribution is -0.727. The quantitative estimate of drug-likeness (QED) is 0.586. The van der Waals surface area contributed by atoms with Crippen LogP contribution in [0.5, 0.6) is 0 Å². The summed E-state index contributed by atoms with van der Waals surface area (Å²) in [4.78, 5) is 21.8. The van der Waals surface area contributed by atoms with Gasteiger partial charge < -0.3 is 15.2 Å². The molecule has 6 heteroatoms. The summed E-state index contributed by atoms with van der Waals surface area (Å²) in [7, 11) is 0. The minimum Gasteiger partial charge on any atom is -0.434 e. The molecule has 1 aromatic rings. The number of ether oxygens (including phenoxy) is 2. The van der Waals surface area contributed by atoms with Crippen molar-refractivity contribution in [3.63, 3.8) is 0 Å². The van der Waals surface area contributed by atoms with E-state index in [4.69, 9.17) is 10.5 Å². The number of rotatable bonds is 4. The highest BCUT2D eigenvalue weighted by Crippen LogP contribution is 1.92. The molecule has 0 aliphatic rings. The molecule has 0 aliphatic carbocycles. The summed E-state index contributed by atoms with van der Waals surface area (Å²) in [5, 5.41) is 0. The maximum atomic E-state index is 10.9. The first-order valence-corrected chi connectivity index (χ1v) is 4.72. The van der Waals surface area contributed by atoms with Crippen molar-refractivity contribution in [3.8, 4) is 0 Å². The van der Waals surface area contributed by atoms with E-state index in [-0.39, 0.29) is 13.3 Å². The van der Waals surface area contributed by atoms with Gasteiger partial charge in [-0.2, -0.15) is 4.57 Å². The van der Waals surface area contributed by atoms with Crippen LogP contribution in [0.15, 0.2) is 24.5 Å². The van der Waals surface area contributed by atoms with E-state index >= 15 is 0 Å². The van der Waals surface area contributed by atoms with Crippen LogP contribution in [0.3, 0.4) is 0 Å². The first-order valence-electron chi connectivity index (χ1n) is 4.72. The van der Waals surface area contributed by atoms with Crippen molar-refractivity contribution in [2.45, 2.75) is 13.7 Å². The van der Waals surface area contributed by atoms with E-state index in [1.54, 1.807) is 25.3 Å². The molecule has 86 valence electrons. The van der Waals surface area contributed by atoms with E-state index in [1.165, 1.54) is 10.8 Å². The molecular weight excluding hydrogens is 212 g/mol. The predicted molar refractivity (Wildman–Crippen MR) is 53.3 cm³/mol. The number of pyridine rings is 1. The van der Waals surface area contributed by atoms with Gasteiger partial charge in [0, 0.05) is 6.07 Å². The third-order valence-electron chi connectivity index (χ3n) is 1.74. The average molecular weight is 225 g/mol. The van der Waals surface area contributed by atoms with Crippen molar-refractivity contribution < 1.29 is 23.6 Å². The number of carbonyl (C=O) groups excluding carboxylic acids is 2. The molecule has 1 aromatic heterocycles. The summed E-state index contributed by atoms with van der Waals surface area (Å²) >= 11 is 0. The second kappa shape index (κ2) is 5.69. The molecule has 6 nitrogen and oxygen atoms in total. The number of nitrogens with two attached hydrogens (primary N) is 1. The van der Waals surface area contributed by atoms with Crippen LogP contribution in [0.1, 0.15) is 17.3 Å². The van der Waals surface area contributed by atoms with Gasteiger partial charge in [0.25, 0.3) is 12.6 Å². The van der Waals surface area contributed by atoms with Crippen molar-refractivity contribution in [2.75, 3.05) is 6.61 Å². The molecular formula is C10H13N2O4+. The molecule has 1 rings (SSSR count).